The Morgan fingerprint density at radius 2 is 2.03 bits per heavy atom. The fourth-order valence-corrected chi connectivity index (χ4v) is 3.88. The number of carbonyl (C=O) groups is 1. The molecule has 0 spiro atoms. The Balaban J connectivity index is 1.63. The molecule has 3 heterocycles. The summed E-state index contributed by atoms with van der Waals surface area (Å²) in [5, 5.41) is 13.6. The summed E-state index contributed by atoms with van der Waals surface area (Å²) in [6.07, 6.45) is -3.21. The molecule has 2 atom stereocenters. The number of fused-ring (bicyclic) bond motifs is 1. The highest BCUT2D eigenvalue weighted by Crippen LogP contribution is 2.46. The Bertz CT molecular complexity index is 1110. The molecular formula is C20H20ClF3N6O. The van der Waals surface area contributed by atoms with Gasteiger partial charge in [0.15, 0.2) is 11.7 Å². The largest absolute Gasteiger partial charge is 0.410 e. The number of benzene rings is 1. The molecule has 2 aromatic heterocycles. The van der Waals surface area contributed by atoms with Gasteiger partial charge in [-0.1, -0.05) is 41.9 Å². The number of aryl methyl sites for hydroxylation is 1. The molecule has 1 aliphatic heterocycles. The van der Waals surface area contributed by atoms with Gasteiger partial charge >= 0.3 is 6.18 Å². The number of hydrogen-bond donors (Lipinski definition) is 2. The summed E-state index contributed by atoms with van der Waals surface area (Å²) in [6.45, 7) is 2.00. The van der Waals surface area contributed by atoms with Gasteiger partial charge in [-0.15, -0.1) is 0 Å². The molecule has 4 rings (SSSR count). The van der Waals surface area contributed by atoms with Crippen molar-refractivity contribution in [2.75, 3.05) is 5.32 Å². The Kier molecular flexibility index (Phi) is 5.42. The number of aromatic nitrogens is 4. The molecule has 7 nitrogen and oxygen atoms in total. The molecule has 11 heteroatoms. The van der Waals surface area contributed by atoms with Crippen LogP contribution in [0.5, 0.6) is 0 Å². The number of hydrogen-bond acceptors (Lipinski definition) is 4. The number of rotatable bonds is 4. The first-order valence-corrected chi connectivity index (χ1v) is 9.96. The number of halogens is 4. The van der Waals surface area contributed by atoms with E-state index in [9.17, 15) is 18.0 Å². The van der Waals surface area contributed by atoms with E-state index in [1.165, 1.54) is 0 Å². The average molecular weight is 453 g/mol. The van der Waals surface area contributed by atoms with Gasteiger partial charge in [0.1, 0.15) is 10.8 Å². The zero-order chi connectivity index (χ0) is 22.3. The Labute approximate surface area is 181 Å². The fourth-order valence-electron chi connectivity index (χ4n) is 3.62. The second kappa shape index (κ2) is 7.92. The lowest BCUT2D eigenvalue weighted by molar-refractivity contribution is -0.173. The lowest BCUT2D eigenvalue weighted by Crippen LogP contribution is -2.35. The Morgan fingerprint density at radius 3 is 2.65 bits per heavy atom. The van der Waals surface area contributed by atoms with E-state index in [1.54, 1.807) is 48.3 Å². The zero-order valence-electron chi connectivity index (χ0n) is 16.7. The third-order valence-electron chi connectivity index (χ3n) is 5.49. The standard InChI is InChI=1S/C20H20ClF3N6O/c1-11-13(10-26-29(11)2)9-25-19(31)17-16(21)18-27-14(12-6-4-3-5-7-12)8-15(20(22,23)24)30(18)28-17/h3-7,10,14-15,27H,8-9H2,1-2H3,(H,25,31)/t14-,15+/m1/s1. The minimum atomic E-state index is -4.56. The van der Waals surface area contributed by atoms with Crippen LogP contribution in [0.25, 0.3) is 0 Å². The molecule has 1 aliphatic rings. The second-order valence-corrected chi connectivity index (χ2v) is 7.80. The van der Waals surface area contributed by atoms with E-state index in [0.29, 0.717) is 5.56 Å². The highest BCUT2D eigenvalue weighted by Gasteiger charge is 2.47. The minimum absolute atomic E-state index is 0.0215. The first kappa shape index (κ1) is 21.2. The van der Waals surface area contributed by atoms with Crippen LogP contribution in [0.4, 0.5) is 19.0 Å². The maximum atomic E-state index is 13.8. The number of carbonyl (C=O) groups excluding carboxylic acids is 1. The van der Waals surface area contributed by atoms with Crippen molar-refractivity contribution in [1.29, 1.82) is 0 Å². The van der Waals surface area contributed by atoms with Crippen molar-refractivity contribution in [2.45, 2.75) is 38.1 Å². The quantitative estimate of drug-likeness (QED) is 0.623. The molecule has 2 N–H and O–H groups in total. The van der Waals surface area contributed by atoms with E-state index >= 15 is 0 Å². The van der Waals surface area contributed by atoms with Crippen LogP contribution in [0.15, 0.2) is 36.5 Å². The van der Waals surface area contributed by atoms with Gasteiger partial charge in [-0.2, -0.15) is 23.4 Å². The molecule has 0 radical (unpaired) electrons. The summed E-state index contributed by atoms with van der Waals surface area (Å²) in [6, 6.07) is 6.26. The maximum absolute atomic E-state index is 13.8. The van der Waals surface area contributed by atoms with Gasteiger partial charge in [0.2, 0.25) is 0 Å². The lowest BCUT2D eigenvalue weighted by atomic mass is 9.97. The fraction of sp³-hybridized carbons (Fsp3) is 0.350. The topological polar surface area (TPSA) is 76.8 Å². The van der Waals surface area contributed by atoms with Gasteiger partial charge in [-0.05, 0) is 12.5 Å². The number of nitrogens with one attached hydrogen (secondary N) is 2. The molecular weight excluding hydrogens is 433 g/mol. The van der Waals surface area contributed by atoms with E-state index in [2.05, 4.69) is 20.8 Å². The summed E-state index contributed by atoms with van der Waals surface area (Å²) < 4.78 is 43.9. The van der Waals surface area contributed by atoms with Crippen LogP contribution in [0.2, 0.25) is 5.02 Å². The van der Waals surface area contributed by atoms with Crippen molar-refractivity contribution >= 4 is 23.3 Å². The first-order valence-electron chi connectivity index (χ1n) is 9.58. The molecule has 1 amide bonds. The summed E-state index contributed by atoms with van der Waals surface area (Å²) in [7, 11) is 1.77. The SMILES string of the molecule is Cc1c(CNC(=O)c2nn3c(c2Cl)N[C@@H](c2ccccc2)C[C@H]3C(F)(F)F)cnn1C. The molecule has 0 unspecified atom stereocenters. The van der Waals surface area contributed by atoms with Gasteiger partial charge in [-0.25, -0.2) is 4.68 Å². The van der Waals surface area contributed by atoms with Crippen LogP contribution in [0.3, 0.4) is 0 Å². The van der Waals surface area contributed by atoms with Gasteiger partial charge in [0, 0.05) is 31.3 Å². The van der Waals surface area contributed by atoms with E-state index in [4.69, 9.17) is 11.6 Å². The third-order valence-corrected chi connectivity index (χ3v) is 5.85. The summed E-state index contributed by atoms with van der Waals surface area (Å²) in [4.78, 5) is 12.7. The molecule has 164 valence electrons. The maximum Gasteiger partial charge on any atom is 0.410 e. The molecule has 0 saturated carbocycles. The van der Waals surface area contributed by atoms with Gasteiger partial charge in [0.05, 0.1) is 12.2 Å². The molecule has 31 heavy (non-hydrogen) atoms. The zero-order valence-corrected chi connectivity index (χ0v) is 17.5. The van der Waals surface area contributed by atoms with Crippen LogP contribution in [-0.2, 0) is 13.6 Å². The minimum Gasteiger partial charge on any atom is -0.362 e. The van der Waals surface area contributed by atoms with Crippen LogP contribution in [0, 0.1) is 6.92 Å². The van der Waals surface area contributed by atoms with Crippen molar-refractivity contribution in [3.8, 4) is 0 Å². The predicted molar refractivity (Wildman–Crippen MR) is 109 cm³/mol. The van der Waals surface area contributed by atoms with Crippen LogP contribution < -0.4 is 10.6 Å². The average Bonchev–Trinajstić information content (AvgIpc) is 3.25. The Morgan fingerprint density at radius 1 is 1.32 bits per heavy atom. The third kappa shape index (κ3) is 3.99. The normalized spacial score (nSPS) is 18.4. The molecule has 0 fully saturated rings. The van der Waals surface area contributed by atoms with Gasteiger partial charge < -0.3 is 10.6 Å². The van der Waals surface area contributed by atoms with Crippen molar-refractivity contribution < 1.29 is 18.0 Å². The molecule has 0 aliphatic carbocycles. The molecule has 1 aromatic carbocycles. The smallest absolute Gasteiger partial charge is 0.362 e. The number of anilines is 1. The highest BCUT2D eigenvalue weighted by molar-refractivity contribution is 6.36. The van der Waals surface area contributed by atoms with Gasteiger partial charge in [0.25, 0.3) is 5.91 Å². The second-order valence-electron chi connectivity index (χ2n) is 7.42. The van der Waals surface area contributed by atoms with Crippen LogP contribution in [-0.4, -0.2) is 31.6 Å². The summed E-state index contributed by atoms with van der Waals surface area (Å²) in [5.41, 5.74) is 2.08. The van der Waals surface area contributed by atoms with Gasteiger partial charge in [-0.3, -0.25) is 9.48 Å². The molecule has 0 saturated heterocycles. The van der Waals surface area contributed by atoms with Crippen molar-refractivity contribution in [2.24, 2.45) is 7.05 Å². The summed E-state index contributed by atoms with van der Waals surface area (Å²) >= 11 is 6.33. The van der Waals surface area contributed by atoms with Crippen molar-refractivity contribution in [3.63, 3.8) is 0 Å². The van der Waals surface area contributed by atoms with E-state index in [0.717, 1.165) is 15.9 Å². The monoisotopic (exact) mass is 452 g/mol. The molecule has 0 bridgehead atoms. The van der Waals surface area contributed by atoms with E-state index in [-0.39, 0.29) is 29.5 Å². The van der Waals surface area contributed by atoms with Crippen LogP contribution >= 0.6 is 11.6 Å². The number of amides is 1. The first-order chi connectivity index (χ1) is 14.7. The predicted octanol–water partition coefficient (Wildman–Crippen LogP) is 4.17. The van der Waals surface area contributed by atoms with Crippen molar-refractivity contribution in [3.05, 3.63) is 64.1 Å². The van der Waals surface area contributed by atoms with E-state index in [1.807, 2.05) is 6.92 Å². The highest BCUT2D eigenvalue weighted by atomic mass is 35.5. The number of nitrogens with zero attached hydrogens (tertiary/aromatic N) is 4. The molecule has 3 aromatic rings. The summed E-state index contributed by atoms with van der Waals surface area (Å²) in [5.74, 6) is -0.680. The van der Waals surface area contributed by atoms with E-state index < -0.39 is 24.2 Å². The van der Waals surface area contributed by atoms with Crippen LogP contribution in [0.1, 0.15) is 45.8 Å². The number of alkyl halides is 3. The lowest BCUT2D eigenvalue weighted by Gasteiger charge is -2.33. The Hall–Kier alpha value is -3.01. The van der Waals surface area contributed by atoms with Crippen molar-refractivity contribution in [1.82, 2.24) is 24.9 Å².